The summed E-state index contributed by atoms with van der Waals surface area (Å²) in [5.41, 5.74) is 4.06. The number of anilines is 2. The van der Waals surface area contributed by atoms with Crippen LogP contribution in [0.15, 0.2) is 76.4 Å². The summed E-state index contributed by atoms with van der Waals surface area (Å²) >= 11 is 0. The van der Waals surface area contributed by atoms with E-state index in [4.69, 9.17) is 9.15 Å². The van der Waals surface area contributed by atoms with E-state index in [2.05, 4.69) is 24.5 Å². The molecule has 0 bridgehead atoms. The van der Waals surface area contributed by atoms with E-state index in [0.29, 0.717) is 24.3 Å². The number of benzene rings is 2. The minimum atomic E-state index is -0.522. The lowest BCUT2D eigenvalue weighted by Gasteiger charge is -2.36. The lowest BCUT2D eigenvalue weighted by Crippen LogP contribution is -2.41. The van der Waals surface area contributed by atoms with Gasteiger partial charge in [0.15, 0.2) is 5.78 Å². The number of fused-ring (bicyclic) bond motifs is 1. The zero-order chi connectivity index (χ0) is 26.2. The number of carbonyl (C=O) groups is 2. The van der Waals surface area contributed by atoms with Crippen molar-refractivity contribution in [2.24, 2.45) is 5.41 Å². The van der Waals surface area contributed by atoms with Crippen molar-refractivity contribution < 1.29 is 18.7 Å². The number of nitrogens with one attached hydrogen (secondary N) is 2. The third kappa shape index (κ3) is 5.12. The fourth-order valence-electron chi connectivity index (χ4n) is 5.32. The maximum absolute atomic E-state index is 13.7. The monoisotopic (exact) mass is 499 g/mol. The minimum absolute atomic E-state index is 0.0561. The Labute approximate surface area is 217 Å². The van der Waals surface area contributed by atoms with E-state index >= 15 is 0 Å². The number of hydrogen-bond acceptors (Lipinski definition) is 6. The van der Waals surface area contributed by atoms with Gasteiger partial charge < -0.3 is 24.7 Å². The van der Waals surface area contributed by atoms with E-state index in [-0.39, 0.29) is 23.7 Å². The summed E-state index contributed by atoms with van der Waals surface area (Å²) in [5.74, 6) is 2.07. The molecule has 0 spiro atoms. The molecule has 1 aliphatic carbocycles. The number of para-hydroxylation sites is 2. The zero-order valence-electron chi connectivity index (χ0n) is 21.8. The molecule has 1 atom stereocenters. The smallest absolute Gasteiger partial charge is 0.239 e. The quantitative estimate of drug-likeness (QED) is 0.464. The molecular formula is C30H33N3O4. The molecular weight excluding hydrogens is 466 g/mol. The molecule has 1 amide bonds. The number of hydrogen-bond donors (Lipinski definition) is 2. The highest BCUT2D eigenvalue weighted by Crippen LogP contribution is 2.48. The number of furan rings is 1. The molecule has 0 saturated heterocycles. The Morgan fingerprint density at radius 3 is 2.70 bits per heavy atom. The van der Waals surface area contributed by atoms with Crippen LogP contribution < -0.4 is 20.3 Å². The van der Waals surface area contributed by atoms with Crippen LogP contribution in [0, 0.1) is 12.3 Å². The molecule has 7 heteroatoms. The first-order valence-electron chi connectivity index (χ1n) is 12.6. The zero-order valence-corrected chi connectivity index (χ0v) is 21.8. The fourth-order valence-corrected chi connectivity index (χ4v) is 5.32. The van der Waals surface area contributed by atoms with Crippen LogP contribution >= 0.6 is 0 Å². The van der Waals surface area contributed by atoms with Gasteiger partial charge in [-0.3, -0.25) is 9.59 Å². The van der Waals surface area contributed by atoms with Gasteiger partial charge in [-0.1, -0.05) is 38.1 Å². The average Bonchev–Trinajstić information content (AvgIpc) is 3.24. The van der Waals surface area contributed by atoms with E-state index in [1.807, 2.05) is 72.5 Å². The molecule has 2 heterocycles. The van der Waals surface area contributed by atoms with Crippen LogP contribution in [0.5, 0.6) is 5.75 Å². The maximum Gasteiger partial charge on any atom is 0.239 e. The summed E-state index contributed by atoms with van der Waals surface area (Å²) in [4.78, 5) is 29.0. The van der Waals surface area contributed by atoms with Gasteiger partial charge in [-0.05, 0) is 60.7 Å². The Kier molecular flexibility index (Phi) is 6.54. The SMILES string of the molecule is COc1cccc(CNC(=O)CN2c3ccccc3NC3=C(C(=O)CC(C)(C)C3)C2c2ccc(C)o2)c1. The third-order valence-electron chi connectivity index (χ3n) is 6.97. The molecule has 37 heavy (non-hydrogen) atoms. The maximum atomic E-state index is 13.7. The van der Waals surface area contributed by atoms with Gasteiger partial charge >= 0.3 is 0 Å². The standard InChI is InChI=1S/C30H33N3O4/c1-19-12-13-26(37-19)29-28-23(15-30(2,3)16-25(28)34)32-22-10-5-6-11-24(22)33(29)18-27(35)31-17-20-8-7-9-21(14-20)36-4/h5-14,29,32H,15-18H2,1-4H3,(H,31,35). The average molecular weight is 500 g/mol. The van der Waals surface area contributed by atoms with E-state index < -0.39 is 6.04 Å². The van der Waals surface area contributed by atoms with Crippen molar-refractivity contribution in [3.8, 4) is 5.75 Å². The second-order valence-corrected chi connectivity index (χ2v) is 10.6. The summed E-state index contributed by atoms with van der Waals surface area (Å²) in [5, 5.41) is 6.59. The van der Waals surface area contributed by atoms with Gasteiger partial charge in [0.1, 0.15) is 23.3 Å². The number of nitrogens with zero attached hydrogens (tertiary/aromatic N) is 1. The molecule has 3 aromatic rings. The minimum Gasteiger partial charge on any atom is -0.497 e. The molecule has 0 radical (unpaired) electrons. The molecule has 2 aliphatic rings. The Morgan fingerprint density at radius 1 is 1.14 bits per heavy atom. The fraction of sp³-hybridized carbons (Fsp3) is 0.333. The highest BCUT2D eigenvalue weighted by Gasteiger charge is 2.43. The number of amides is 1. The van der Waals surface area contributed by atoms with E-state index in [1.165, 1.54) is 0 Å². The van der Waals surface area contributed by atoms with Gasteiger partial charge in [0.25, 0.3) is 0 Å². The number of Topliss-reactive ketones (excluding diaryl/α,β-unsaturated/α-hetero) is 1. The first kappa shape index (κ1) is 24.7. The van der Waals surface area contributed by atoms with E-state index in [1.54, 1.807) is 7.11 Å². The van der Waals surface area contributed by atoms with Gasteiger partial charge in [-0.25, -0.2) is 0 Å². The van der Waals surface area contributed by atoms with Gasteiger partial charge in [-0.2, -0.15) is 0 Å². The molecule has 1 aromatic heterocycles. The number of rotatable bonds is 6. The lowest BCUT2D eigenvalue weighted by atomic mass is 9.74. The second kappa shape index (κ2) is 9.81. The lowest BCUT2D eigenvalue weighted by molar-refractivity contribution is -0.121. The van der Waals surface area contributed by atoms with Crippen LogP contribution in [-0.2, 0) is 16.1 Å². The number of carbonyl (C=O) groups excluding carboxylic acids is 2. The predicted octanol–water partition coefficient (Wildman–Crippen LogP) is 5.53. The van der Waals surface area contributed by atoms with Crippen molar-refractivity contribution in [3.05, 3.63) is 89.0 Å². The summed E-state index contributed by atoms with van der Waals surface area (Å²) in [7, 11) is 1.62. The van der Waals surface area contributed by atoms with Crippen LogP contribution in [0.3, 0.4) is 0 Å². The first-order valence-corrected chi connectivity index (χ1v) is 12.6. The Morgan fingerprint density at radius 2 is 1.95 bits per heavy atom. The first-order chi connectivity index (χ1) is 17.7. The Balaban J connectivity index is 1.53. The molecule has 0 fully saturated rings. The molecule has 192 valence electrons. The van der Waals surface area contributed by atoms with Crippen molar-refractivity contribution >= 4 is 23.1 Å². The number of ether oxygens (including phenoxy) is 1. The van der Waals surface area contributed by atoms with Crippen LogP contribution in [0.1, 0.15) is 49.8 Å². The van der Waals surface area contributed by atoms with Crippen molar-refractivity contribution in [3.63, 3.8) is 0 Å². The summed E-state index contributed by atoms with van der Waals surface area (Å²) < 4.78 is 11.4. The van der Waals surface area contributed by atoms with Crippen LogP contribution in [0.2, 0.25) is 0 Å². The third-order valence-corrected chi connectivity index (χ3v) is 6.97. The molecule has 5 rings (SSSR count). The molecule has 2 N–H and O–H groups in total. The highest BCUT2D eigenvalue weighted by atomic mass is 16.5. The molecule has 0 saturated carbocycles. The highest BCUT2D eigenvalue weighted by molar-refractivity contribution is 6.01. The summed E-state index contributed by atoms with van der Waals surface area (Å²) in [6.07, 6.45) is 1.17. The number of aryl methyl sites for hydroxylation is 1. The summed E-state index contributed by atoms with van der Waals surface area (Å²) in [6.45, 7) is 6.54. The van der Waals surface area contributed by atoms with E-state index in [0.717, 1.165) is 40.6 Å². The predicted molar refractivity (Wildman–Crippen MR) is 143 cm³/mol. The number of allylic oxidation sites excluding steroid dienone is 1. The molecule has 7 nitrogen and oxygen atoms in total. The molecule has 1 aliphatic heterocycles. The van der Waals surface area contributed by atoms with Gasteiger partial charge in [0.05, 0.1) is 25.0 Å². The van der Waals surface area contributed by atoms with Crippen molar-refractivity contribution in [2.75, 3.05) is 23.9 Å². The van der Waals surface area contributed by atoms with Crippen LogP contribution in [0.25, 0.3) is 0 Å². The largest absolute Gasteiger partial charge is 0.497 e. The van der Waals surface area contributed by atoms with Crippen molar-refractivity contribution in [1.29, 1.82) is 0 Å². The normalized spacial score (nSPS) is 18.4. The number of ketones is 1. The van der Waals surface area contributed by atoms with Gasteiger partial charge in [0, 0.05) is 24.2 Å². The topological polar surface area (TPSA) is 83.8 Å². The molecule has 2 aromatic carbocycles. The summed E-state index contributed by atoms with van der Waals surface area (Å²) in [6, 6.07) is 18.8. The van der Waals surface area contributed by atoms with Crippen molar-refractivity contribution in [1.82, 2.24) is 5.32 Å². The van der Waals surface area contributed by atoms with Gasteiger partial charge in [0.2, 0.25) is 5.91 Å². The second-order valence-electron chi connectivity index (χ2n) is 10.6. The molecule has 1 unspecified atom stereocenters. The van der Waals surface area contributed by atoms with Crippen molar-refractivity contribution in [2.45, 2.75) is 46.2 Å². The Hall–Kier alpha value is -4.00. The van der Waals surface area contributed by atoms with Gasteiger partial charge in [-0.15, -0.1) is 0 Å². The van der Waals surface area contributed by atoms with E-state index in [9.17, 15) is 9.59 Å². The number of methoxy groups -OCH3 is 1. The van der Waals surface area contributed by atoms with Crippen LogP contribution in [0.4, 0.5) is 11.4 Å². The van der Waals surface area contributed by atoms with Crippen LogP contribution in [-0.4, -0.2) is 25.3 Å². The Bertz CT molecular complexity index is 1370.